The number of hydrogen-bond donors (Lipinski definition) is 2. The molecule has 2 rings (SSSR count). The molecule has 1 fully saturated rings. The number of halogens is 2. The van der Waals surface area contributed by atoms with Gasteiger partial charge in [0.15, 0.2) is 0 Å². The molecule has 0 unspecified atom stereocenters. The normalized spacial score (nSPS) is 19.2. The second-order valence-electron chi connectivity index (χ2n) is 7.09. The number of amides is 1. The van der Waals surface area contributed by atoms with Crippen LogP contribution < -0.4 is 11.1 Å². The summed E-state index contributed by atoms with van der Waals surface area (Å²) in [6.07, 6.45) is 1.81. The molecule has 1 amide bonds. The van der Waals surface area contributed by atoms with Crippen LogP contribution in [-0.4, -0.2) is 30.8 Å². The molecule has 5 nitrogen and oxygen atoms in total. The Morgan fingerprint density at radius 2 is 1.76 bits per heavy atom. The topological polar surface area (TPSA) is 73.6 Å². The summed E-state index contributed by atoms with van der Waals surface area (Å²) in [7, 11) is -0.607. The van der Waals surface area contributed by atoms with Crippen molar-refractivity contribution >= 4 is 48.0 Å². The fourth-order valence-corrected chi connectivity index (χ4v) is 2.71. The first kappa shape index (κ1) is 20.1. The summed E-state index contributed by atoms with van der Waals surface area (Å²) in [5.41, 5.74) is 6.60. The van der Waals surface area contributed by atoms with Gasteiger partial charge in [0.1, 0.15) is 0 Å². The van der Waals surface area contributed by atoms with Crippen molar-refractivity contribution < 1.29 is 14.1 Å². The fraction of sp³-hybridized carbons (Fsp3) is 0.471. The Hall–Kier alpha value is -1.21. The lowest BCUT2D eigenvalue weighted by Gasteiger charge is -2.32. The summed E-state index contributed by atoms with van der Waals surface area (Å²) in [6, 6.07) is 3.45. The van der Waals surface area contributed by atoms with Gasteiger partial charge in [-0.05, 0) is 44.8 Å². The number of nitrogens with two attached hydrogens (primary N) is 1. The van der Waals surface area contributed by atoms with Crippen molar-refractivity contribution in [1.82, 2.24) is 5.32 Å². The molecular formula is C17H23BCl2N2O3. The summed E-state index contributed by atoms with van der Waals surface area (Å²) in [5.74, 6) is -0.149. The van der Waals surface area contributed by atoms with Gasteiger partial charge in [0, 0.05) is 13.5 Å². The van der Waals surface area contributed by atoms with Crippen molar-refractivity contribution in [3.63, 3.8) is 0 Å². The van der Waals surface area contributed by atoms with Crippen LogP contribution >= 0.6 is 23.2 Å². The minimum atomic E-state index is -0.607. The van der Waals surface area contributed by atoms with E-state index in [1.165, 1.54) is 6.92 Å². The molecule has 0 bridgehead atoms. The first-order valence-electron chi connectivity index (χ1n) is 7.98. The zero-order chi connectivity index (χ0) is 19.0. The Labute approximate surface area is 159 Å². The maximum Gasteiger partial charge on any atom is 0.492 e. The second kappa shape index (κ2) is 7.19. The molecule has 0 spiro atoms. The summed E-state index contributed by atoms with van der Waals surface area (Å²) in [4.78, 5) is 11.4. The van der Waals surface area contributed by atoms with Gasteiger partial charge >= 0.3 is 7.12 Å². The Balaban J connectivity index is 2.40. The fourth-order valence-electron chi connectivity index (χ4n) is 2.31. The van der Waals surface area contributed by atoms with E-state index < -0.39 is 18.3 Å². The zero-order valence-electron chi connectivity index (χ0n) is 15.1. The quantitative estimate of drug-likeness (QED) is 0.612. The van der Waals surface area contributed by atoms with Gasteiger partial charge in [0.05, 0.1) is 26.9 Å². The Morgan fingerprint density at radius 1 is 1.20 bits per heavy atom. The van der Waals surface area contributed by atoms with E-state index in [0.29, 0.717) is 21.3 Å². The Bertz CT molecular complexity index is 704. The molecule has 1 aliphatic heterocycles. The lowest BCUT2D eigenvalue weighted by Crippen LogP contribution is -2.41. The average molecular weight is 385 g/mol. The number of anilines is 1. The molecule has 0 saturated carbocycles. The number of carbonyl (C=O) groups is 1. The van der Waals surface area contributed by atoms with E-state index in [2.05, 4.69) is 5.32 Å². The standard InChI is InChI=1S/C17H23BCl2N2O3/c1-10(23)22-9-12(18-24-16(2,3)17(4,5)25-18)8-11-6-7-13(21)15(20)14(11)19/h6-8H,9,21H2,1-5H3,(H,22,23). The molecule has 3 N–H and O–H groups in total. The largest absolute Gasteiger partial charge is 0.492 e. The lowest BCUT2D eigenvalue weighted by atomic mass is 9.77. The van der Waals surface area contributed by atoms with E-state index in [-0.39, 0.29) is 12.5 Å². The predicted octanol–water partition coefficient (Wildman–Crippen LogP) is 3.73. The van der Waals surface area contributed by atoms with Gasteiger partial charge in [0.25, 0.3) is 0 Å². The maximum atomic E-state index is 11.4. The monoisotopic (exact) mass is 384 g/mol. The number of hydrogen-bond acceptors (Lipinski definition) is 4. The van der Waals surface area contributed by atoms with Crippen LogP contribution in [-0.2, 0) is 14.1 Å². The summed E-state index contributed by atoms with van der Waals surface area (Å²) in [6.45, 7) is 9.59. The van der Waals surface area contributed by atoms with E-state index in [1.807, 2.05) is 33.8 Å². The molecule has 1 aliphatic rings. The third-order valence-electron chi connectivity index (χ3n) is 4.58. The summed E-state index contributed by atoms with van der Waals surface area (Å²) < 4.78 is 12.2. The highest BCUT2D eigenvalue weighted by molar-refractivity contribution is 6.56. The lowest BCUT2D eigenvalue weighted by molar-refractivity contribution is -0.118. The number of carbonyl (C=O) groups excluding carboxylic acids is 1. The van der Waals surface area contributed by atoms with Crippen LogP contribution in [0.15, 0.2) is 17.6 Å². The molecule has 0 aliphatic carbocycles. The van der Waals surface area contributed by atoms with Gasteiger partial charge < -0.3 is 20.4 Å². The number of benzene rings is 1. The van der Waals surface area contributed by atoms with Crippen molar-refractivity contribution in [2.75, 3.05) is 12.3 Å². The molecular weight excluding hydrogens is 362 g/mol. The van der Waals surface area contributed by atoms with Crippen LogP contribution in [0, 0.1) is 0 Å². The van der Waals surface area contributed by atoms with Gasteiger partial charge in [-0.15, -0.1) is 0 Å². The third-order valence-corrected chi connectivity index (χ3v) is 5.49. The van der Waals surface area contributed by atoms with E-state index in [1.54, 1.807) is 12.1 Å². The van der Waals surface area contributed by atoms with E-state index in [4.69, 9.17) is 38.2 Å². The van der Waals surface area contributed by atoms with Gasteiger partial charge in [-0.1, -0.05) is 35.3 Å². The van der Waals surface area contributed by atoms with Crippen molar-refractivity contribution in [2.24, 2.45) is 0 Å². The average Bonchev–Trinajstić information content (AvgIpc) is 2.71. The molecule has 0 radical (unpaired) electrons. The van der Waals surface area contributed by atoms with Gasteiger partial charge in [-0.3, -0.25) is 4.79 Å². The smallest absolute Gasteiger partial charge is 0.400 e. The Morgan fingerprint density at radius 3 is 2.28 bits per heavy atom. The van der Waals surface area contributed by atoms with Crippen LogP contribution in [0.5, 0.6) is 0 Å². The van der Waals surface area contributed by atoms with Crippen LogP contribution in [0.4, 0.5) is 5.69 Å². The molecule has 0 atom stereocenters. The van der Waals surface area contributed by atoms with E-state index >= 15 is 0 Å². The number of nitrogens with one attached hydrogen (secondary N) is 1. The van der Waals surface area contributed by atoms with Crippen LogP contribution in [0.1, 0.15) is 40.2 Å². The van der Waals surface area contributed by atoms with Crippen LogP contribution in [0.3, 0.4) is 0 Å². The maximum absolute atomic E-state index is 11.4. The molecule has 136 valence electrons. The van der Waals surface area contributed by atoms with Crippen molar-refractivity contribution in [3.05, 3.63) is 33.2 Å². The highest BCUT2D eigenvalue weighted by Gasteiger charge is 2.52. The molecule has 1 aromatic carbocycles. The van der Waals surface area contributed by atoms with E-state index in [9.17, 15) is 4.79 Å². The van der Waals surface area contributed by atoms with E-state index in [0.717, 1.165) is 5.47 Å². The van der Waals surface area contributed by atoms with Crippen molar-refractivity contribution in [1.29, 1.82) is 0 Å². The molecule has 25 heavy (non-hydrogen) atoms. The van der Waals surface area contributed by atoms with Crippen LogP contribution in [0.25, 0.3) is 6.08 Å². The third kappa shape index (κ3) is 4.32. The minimum absolute atomic E-state index is 0.149. The van der Waals surface area contributed by atoms with Crippen LogP contribution in [0.2, 0.25) is 10.0 Å². The van der Waals surface area contributed by atoms with Crippen molar-refractivity contribution in [3.8, 4) is 0 Å². The highest BCUT2D eigenvalue weighted by Crippen LogP contribution is 2.39. The number of nitrogen functional groups attached to an aromatic ring is 1. The summed E-state index contributed by atoms with van der Waals surface area (Å²) >= 11 is 12.4. The molecule has 1 saturated heterocycles. The Kier molecular flexibility index (Phi) is 5.79. The number of rotatable bonds is 4. The molecule has 1 heterocycles. The highest BCUT2D eigenvalue weighted by atomic mass is 35.5. The first-order valence-corrected chi connectivity index (χ1v) is 8.74. The predicted molar refractivity (Wildman–Crippen MR) is 104 cm³/mol. The second-order valence-corrected chi connectivity index (χ2v) is 7.85. The molecule has 0 aromatic heterocycles. The molecule has 1 aromatic rings. The minimum Gasteiger partial charge on any atom is -0.400 e. The first-order chi connectivity index (χ1) is 11.4. The van der Waals surface area contributed by atoms with Crippen molar-refractivity contribution in [2.45, 2.75) is 45.8 Å². The summed E-state index contributed by atoms with van der Waals surface area (Å²) in [5, 5.41) is 3.42. The van der Waals surface area contributed by atoms with Gasteiger partial charge in [-0.25, -0.2) is 0 Å². The van der Waals surface area contributed by atoms with Gasteiger partial charge in [0.2, 0.25) is 5.91 Å². The SMILES string of the molecule is CC(=O)NCC(=Cc1ccc(N)c(Cl)c1Cl)B1OC(C)(C)C(C)(C)O1. The van der Waals surface area contributed by atoms with Gasteiger partial charge in [-0.2, -0.15) is 0 Å². The zero-order valence-corrected chi connectivity index (χ0v) is 16.6. The molecule has 8 heteroatoms.